The predicted molar refractivity (Wildman–Crippen MR) is 61.9 cm³/mol. The van der Waals surface area contributed by atoms with Crippen molar-refractivity contribution < 1.29 is 23.1 Å². The van der Waals surface area contributed by atoms with Crippen molar-refractivity contribution in [1.82, 2.24) is 10.0 Å². The molecule has 0 rings (SSSR count). The van der Waals surface area contributed by atoms with Gasteiger partial charge in [0.2, 0.25) is 15.9 Å². The number of amides is 1. The van der Waals surface area contributed by atoms with Crippen molar-refractivity contribution in [3.8, 4) is 0 Å². The quantitative estimate of drug-likeness (QED) is 0.563. The monoisotopic (exact) mass is 266 g/mol. The summed E-state index contributed by atoms with van der Waals surface area (Å²) in [6.45, 7) is 4.36. The molecule has 17 heavy (non-hydrogen) atoms. The summed E-state index contributed by atoms with van der Waals surface area (Å²) in [6.07, 6.45) is 0.440. The van der Waals surface area contributed by atoms with Crippen molar-refractivity contribution in [3.63, 3.8) is 0 Å². The van der Waals surface area contributed by atoms with Gasteiger partial charge in [-0.05, 0) is 20.3 Å². The molecular formula is C9H18N2O5S. The van der Waals surface area contributed by atoms with Gasteiger partial charge in [0.15, 0.2) is 0 Å². The first-order chi connectivity index (χ1) is 7.69. The van der Waals surface area contributed by atoms with Crippen molar-refractivity contribution in [1.29, 1.82) is 0 Å². The molecule has 0 saturated carbocycles. The van der Waals surface area contributed by atoms with Gasteiger partial charge in [-0.25, -0.2) is 13.1 Å². The third-order valence-electron chi connectivity index (χ3n) is 1.95. The van der Waals surface area contributed by atoms with Crippen molar-refractivity contribution in [2.75, 3.05) is 5.75 Å². The fourth-order valence-corrected chi connectivity index (χ4v) is 2.35. The molecule has 0 aromatic heterocycles. The summed E-state index contributed by atoms with van der Waals surface area (Å²) in [7, 11) is -3.49. The molecule has 8 heteroatoms. The Morgan fingerprint density at radius 3 is 2.18 bits per heavy atom. The number of sulfonamides is 1. The summed E-state index contributed by atoms with van der Waals surface area (Å²) in [4.78, 5) is 21.9. The van der Waals surface area contributed by atoms with E-state index in [2.05, 4.69) is 10.0 Å². The third kappa shape index (κ3) is 6.22. The lowest BCUT2D eigenvalue weighted by molar-refractivity contribution is -0.141. The van der Waals surface area contributed by atoms with Crippen LogP contribution in [0.15, 0.2) is 0 Å². The smallest absolute Gasteiger partial charge is 0.325 e. The van der Waals surface area contributed by atoms with Crippen molar-refractivity contribution >= 4 is 21.9 Å². The maximum absolute atomic E-state index is 11.4. The second-order valence-electron chi connectivity index (χ2n) is 3.73. The van der Waals surface area contributed by atoms with E-state index < -0.39 is 34.0 Å². The van der Waals surface area contributed by atoms with Crippen LogP contribution in [0.5, 0.6) is 0 Å². The molecular weight excluding hydrogens is 248 g/mol. The molecule has 0 bridgehead atoms. The third-order valence-corrected chi connectivity index (χ3v) is 3.61. The molecule has 0 aliphatic heterocycles. The highest BCUT2D eigenvalue weighted by atomic mass is 32.2. The van der Waals surface area contributed by atoms with Gasteiger partial charge in [-0.3, -0.25) is 9.59 Å². The molecule has 1 unspecified atom stereocenters. The largest absolute Gasteiger partial charge is 0.480 e. The Labute approximate surface area is 101 Å². The number of hydrogen-bond acceptors (Lipinski definition) is 4. The minimum absolute atomic E-state index is 0.0703. The first-order valence-electron chi connectivity index (χ1n) is 5.22. The maximum atomic E-state index is 11.4. The molecule has 0 aliphatic carbocycles. The summed E-state index contributed by atoms with van der Waals surface area (Å²) in [5.74, 6) is -1.92. The van der Waals surface area contributed by atoms with E-state index in [1.54, 1.807) is 6.92 Å². The highest BCUT2D eigenvalue weighted by Gasteiger charge is 2.22. The summed E-state index contributed by atoms with van der Waals surface area (Å²) in [5.41, 5.74) is 0. The molecule has 0 spiro atoms. The predicted octanol–water partition coefficient (Wildman–Crippen LogP) is -0.706. The number of carboxylic acid groups (broad SMARTS) is 1. The number of nitrogens with one attached hydrogen (secondary N) is 2. The topological polar surface area (TPSA) is 113 Å². The Bertz CT molecular complexity index is 379. The van der Waals surface area contributed by atoms with Gasteiger partial charge >= 0.3 is 5.97 Å². The number of rotatable bonds is 7. The molecule has 0 saturated heterocycles. The number of hydrogen-bond donors (Lipinski definition) is 3. The number of carboxylic acids is 1. The van der Waals surface area contributed by atoms with Gasteiger partial charge < -0.3 is 10.4 Å². The Morgan fingerprint density at radius 1 is 1.24 bits per heavy atom. The van der Waals surface area contributed by atoms with Crippen molar-refractivity contribution in [3.05, 3.63) is 0 Å². The van der Waals surface area contributed by atoms with Gasteiger partial charge in [0.1, 0.15) is 6.04 Å². The first kappa shape index (κ1) is 15.9. The molecule has 0 fully saturated rings. The van der Waals surface area contributed by atoms with Crippen LogP contribution < -0.4 is 10.0 Å². The van der Waals surface area contributed by atoms with Gasteiger partial charge in [0, 0.05) is 0 Å². The van der Waals surface area contributed by atoms with Crippen LogP contribution in [0.3, 0.4) is 0 Å². The SMILES string of the molecule is CCCS(=O)(=O)NC(C)C(=O)N[C@@H](C)C(=O)O. The summed E-state index contributed by atoms with van der Waals surface area (Å²) in [5, 5.41) is 10.8. The number of carbonyl (C=O) groups is 2. The van der Waals surface area contributed by atoms with E-state index in [1.807, 2.05) is 0 Å². The summed E-state index contributed by atoms with van der Waals surface area (Å²) < 4.78 is 24.9. The summed E-state index contributed by atoms with van der Waals surface area (Å²) >= 11 is 0. The van der Waals surface area contributed by atoms with Crippen LogP contribution in [0.1, 0.15) is 27.2 Å². The zero-order valence-corrected chi connectivity index (χ0v) is 10.9. The zero-order valence-electron chi connectivity index (χ0n) is 10.1. The molecule has 0 aliphatic rings. The highest BCUT2D eigenvalue weighted by molar-refractivity contribution is 7.89. The standard InChI is InChI=1S/C9H18N2O5S/c1-4-5-17(15,16)11-6(2)8(12)10-7(3)9(13)14/h6-7,11H,4-5H2,1-3H3,(H,10,12)(H,13,14)/t6?,7-/m0/s1. The molecule has 1 amide bonds. The molecule has 0 aromatic carbocycles. The van der Waals surface area contributed by atoms with E-state index >= 15 is 0 Å². The van der Waals surface area contributed by atoms with Crippen LogP contribution in [0.4, 0.5) is 0 Å². The van der Waals surface area contributed by atoms with E-state index in [0.717, 1.165) is 0 Å². The summed E-state index contributed by atoms with van der Waals surface area (Å²) in [6, 6.07) is -2.05. The van der Waals surface area contributed by atoms with Crippen LogP contribution >= 0.6 is 0 Å². The van der Waals surface area contributed by atoms with Gasteiger partial charge in [-0.15, -0.1) is 0 Å². The van der Waals surface area contributed by atoms with E-state index in [0.29, 0.717) is 6.42 Å². The lowest BCUT2D eigenvalue weighted by Crippen LogP contribution is -2.49. The molecule has 100 valence electrons. The van der Waals surface area contributed by atoms with Gasteiger partial charge in [-0.1, -0.05) is 6.92 Å². The minimum Gasteiger partial charge on any atom is -0.480 e. The van der Waals surface area contributed by atoms with Crippen LogP contribution in [0.25, 0.3) is 0 Å². The van der Waals surface area contributed by atoms with Crippen LogP contribution in [0.2, 0.25) is 0 Å². The average Bonchev–Trinajstić information content (AvgIpc) is 2.16. The number of carbonyl (C=O) groups excluding carboxylic acids is 1. The van der Waals surface area contributed by atoms with Crippen molar-refractivity contribution in [2.45, 2.75) is 39.3 Å². The Kier molecular flexibility index (Phi) is 6.11. The second kappa shape index (κ2) is 6.55. The van der Waals surface area contributed by atoms with Gasteiger partial charge in [-0.2, -0.15) is 0 Å². The molecule has 0 aromatic rings. The zero-order chi connectivity index (χ0) is 13.6. The fourth-order valence-electron chi connectivity index (χ4n) is 1.05. The lowest BCUT2D eigenvalue weighted by atomic mass is 10.3. The highest BCUT2D eigenvalue weighted by Crippen LogP contribution is 1.93. The van der Waals surface area contributed by atoms with Crippen LogP contribution in [0, 0.1) is 0 Å². The first-order valence-corrected chi connectivity index (χ1v) is 6.88. The van der Waals surface area contributed by atoms with Gasteiger partial charge in [0.05, 0.1) is 11.8 Å². The van der Waals surface area contributed by atoms with Crippen LogP contribution in [-0.4, -0.2) is 43.2 Å². The Morgan fingerprint density at radius 2 is 1.76 bits per heavy atom. The second-order valence-corrected chi connectivity index (χ2v) is 5.60. The normalized spacial score (nSPS) is 15.0. The fraction of sp³-hybridized carbons (Fsp3) is 0.778. The maximum Gasteiger partial charge on any atom is 0.325 e. The minimum atomic E-state index is -3.49. The molecule has 3 N–H and O–H groups in total. The lowest BCUT2D eigenvalue weighted by Gasteiger charge is -2.15. The van der Waals surface area contributed by atoms with E-state index in [1.165, 1.54) is 13.8 Å². The Hall–Kier alpha value is -1.15. The van der Waals surface area contributed by atoms with E-state index in [-0.39, 0.29) is 5.75 Å². The van der Waals surface area contributed by atoms with E-state index in [9.17, 15) is 18.0 Å². The van der Waals surface area contributed by atoms with E-state index in [4.69, 9.17) is 5.11 Å². The molecule has 0 heterocycles. The van der Waals surface area contributed by atoms with Crippen molar-refractivity contribution in [2.24, 2.45) is 0 Å². The van der Waals surface area contributed by atoms with Gasteiger partial charge in [0.25, 0.3) is 0 Å². The molecule has 0 radical (unpaired) electrons. The Balaban J connectivity index is 4.38. The number of aliphatic carboxylic acids is 1. The molecule has 7 nitrogen and oxygen atoms in total. The molecule has 2 atom stereocenters. The van der Waals surface area contributed by atoms with Crippen LogP contribution in [-0.2, 0) is 19.6 Å². The average molecular weight is 266 g/mol.